The first kappa shape index (κ1) is 28.4. The maximum Gasteiger partial charge on any atom is 0.307 e. The number of carboxylic acids is 1. The van der Waals surface area contributed by atoms with Crippen LogP contribution in [0.3, 0.4) is 0 Å². The van der Waals surface area contributed by atoms with Crippen molar-refractivity contribution in [2.45, 2.75) is 38.9 Å². The van der Waals surface area contributed by atoms with Crippen molar-refractivity contribution in [2.24, 2.45) is 18.9 Å². The van der Waals surface area contributed by atoms with E-state index in [1.54, 1.807) is 6.07 Å². The number of carbonyl (C=O) groups excluding carboxylic acids is 1. The standard InChI is InChI=1S/C32H36N2O7/c1-17(35)40-30-26-24(41-32(2,3)27(30)20(31(37)38)12-13-33(4)5)16-23(39-7)25-28(26)34(6)22-15-19-11-9-8-10-18(19)14-21(22)29(25)36/h8-11,14-16,20,27,30H,12-13H2,1-7H3,(H,37,38)/t20?,27-,30-/m1/s1. The van der Waals surface area contributed by atoms with E-state index in [0.29, 0.717) is 51.8 Å². The Bertz CT molecular complexity index is 1750. The highest BCUT2D eigenvalue weighted by Gasteiger charge is 2.52. The number of methoxy groups -OCH3 is 1. The lowest BCUT2D eigenvalue weighted by atomic mass is 9.70. The molecule has 1 aliphatic heterocycles. The number of fused-ring (bicyclic) bond motifs is 5. The van der Waals surface area contributed by atoms with Crippen molar-refractivity contribution in [3.8, 4) is 11.5 Å². The normalized spacial score (nSPS) is 18.7. The van der Waals surface area contributed by atoms with E-state index >= 15 is 0 Å². The molecule has 4 aromatic rings. The zero-order valence-electron chi connectivity index (χ0n) is 24.5. The molecule has 0 radical (unpaired) electrons. The fourth-order valence-electron chi connectivity index (χ4n) is 6.42. The summed E-state index contributed by atoms with van der Waals surface area (Å²) >= 11 is 0. The van der Waals surface area contributed by atoms with Gasteiger partial charge in [-0.05, 0) is 63.8 Å². The van der Waals surface area contributed by atoms with Gasteiger partial charge in [-0.25, -0.2) is 0 Å². The van der Waals surface area contributed by atoms with Gasteiger partial charge in [0, 0.05) is 25.4 Å². The molecule has 0 aliphatic carbocycles. The molecule has 3 atom stereocenters. The van der Waals surface area contributed by atoms with E-state index in [9.17, 15) is 19.5 Å². The maximum atomic E-state index is 14.2. The van der Waals surface area contributed by atoms with Crippen molar-refractivity contribution in [3.63, 3.8) is 0 Å². The zero-order chi connectivity index (χ0) is 29.8. The molecule has 1 aliphatic rings. The van der Waals surface area contributed by atoms with Crippen molar-refractivity contribution < 1.29 is 28.9 Å². The van der Waals surface area contributed by atoms with Gasteiger partial charge >= 0.3 is 11.9 Å². The molecule has 41 heavy (non-hydrogen) atoms. The van der Waals surface area contributed by atoms with Crippen LogP contribution in [0.25, 0.3) is 32.6 Å². The Hall–Kier alpha value is -4.11. The van der Waals surface area contributed by atoms with E-state index in [1.807, 2.05) is 80.9 Å². The summed E-state index contributed by atoms with van der Waals surface area (Å²) in [5, 5.41) is 13.1. The molecule has 0 saturated carbocycles. The molecule has 5 rings (SSSR count). The lowest BCUT2D eigenvalue weighted by molar-refractivity contribution is -0.170. The molecule has 3 aromatic carbocycles. The van der Waals surface area contributed by atoms with Crippen LogP contribution < -0.4 is 14.9 Å². The molecule has 0 fully saturated rings. The summed E-state index contributed by atoms with van der Waals surface area (Å²) in [5.41, 5.74) is 0.361. The van der Waals surface area contributed by atoms with Gasteiger partial charge in [-0.3, -0.25) is 14.4 Å². The van der Waals surface area contributed by atoms with Crippen molar-refractivity contribution in [1.29, 1.82) is 0 Å². The SMILES string of the molecule is COc1cc2c(c3c1c(=O)c1cc4ccccc4cc1n3C)[C@@H](OC(C)=O)[C@@H](C(CCN(C)C)C(=O)O)C(C)(C)O2. The molecular weight excluding hydrogens is 524 g/mol. The third kappa shape index (κ3) is 4.78. The number of ether oxygens (including phenoxy) is 3. The predicted octanol–water partition coefficient (Wildman–Crippen LogP) is 4.90. The third-order valence-electron chi connectivity index (χ3n) is 8.24. The highest BCUT2D eigenvalue weighted by atomic mass is 16.6. The Morgan fingerprint density at radius 2 is 1.80 bits per heavy atom. The molecule has 0 bridgehead atoms. The number of aryl methyl sites for hydroxylation is 1. The smallest absolute Gasteiger partial charge is 0.307 e. The average molecular weight is 561 g/mol. The summed E-state index contributed by atoms with van der Waals surface area (Å²) < 4.78 is 20.2. The summed E-state index contributed by atoms with van der Waals surface area (Å²) in [7, 11) is 7.10. The van der Waals surface area contributed by atoms with E-state index in [4.69, 9.17) is 14.2 Å². The van der Waals surface area contributed by atoms with Gasteiger partial charge in [0.25, 0.3) is 0 Å². The van der Waals surface area contributed by atoms with E-state index in [-0.39, 0.29) is 5.43 Å². The number of pyridine rings is 1. The van der Waals surface area contributed by atoms with E-state index < -0.39 is 35.5 Å². The number of carboxylic acid groups (broad SMARTS) is 1. The largest absolute Gasteiger partial charge is 0.496 e. The van der Waals surface area contributed by atoms with E-state index in [2.05, 4.69) is 0 Å². The number of benzene rings is 3. The van der Waals surface area contributed by atoms with Crippen LogP contribution in [0, 0.1) is 11.8 Å². The molecule has 0 saturated heterocycles. The number of nitrogens with zero attached hydrogens (tertiary/aromatic N) is 2. The number of hydrogen-bond donors (Lipinski definition) is 1. The van der Waals surface area contributed by atoms with Gasteiger partial charge in [-0.15, -0.1) is 0 Å². The fourth-order valence-corrected chi connectivity index (χ4v) is 6.42. The minimum Gasteiger partial charge on any atom is -0.496 e. The number of hydrogen-bond acceptors (Lipinski definition) is 7. The molecule has 9 nitrogen and oxygen atoms in total. The first-order chi connectivity index (χ1) is 19.4. The average Bonchev–Trinajstić information content (AvgIpc) is 2.90. The molecule has 1 aromatic heterocycles. The summed E-state index contributed by atoms with van der Waals surface area (Å²) in [6.45, 7) is 5.44. The Morgan fingerprint density at radius 1 is 1.15 bits per heavy atom. The second-order valence-corrected chi connectivity index (χ2v) is 11.6. The summed E-state index contributed by atoms with van der Waals surface area (Å²) in [5.74, 6) is -2.50. The van der Waals surface area contributed by atoms with Crippen LogP contribution in [0.2, 0.25) is 0 Å². The molecular formula is C32H36N2O7. The second kappa shape index (κ2) is 10.4. The van der Waals surface area contributed by atoms with E-state index in [0.717, 1.165) is 10.8 Å². The van der Waals surface area contributed by atoms with Gasteiger partial charge in [0.05, 0.1) is 40.9 Å². The molecule has 9 heteroatoms. The van der Waals surface area contributed by atoms with Gasteiger partial charge in [0.1, 0.15) is 23.2 Å². The van der Waals surface area contributed by atoms with Gasteiger partial charge in [-0.1, -0.05) is 24.3 Å². The van der Waals surface area contributed by atoms with Crippen LogP contribution >= 0.6 is 0 Å². The van der Waals surface area contributed by atoms with Crippen molar-refractivity contribution in [2.75, 3.05) is 27.7 Å². The number of aliphatic carboxylic acids is 1. The lowest BCUT2D eigenvalue weighted by Crippen LogP contribution is -2.51. The monoisotopic (exact) mass is 560 g/mol. The second-order valence-electron chi connectivity index (χ2n) is 11.6. The Kier molecular flexibility index (Phi) is 7.19. The molecule has 1 unspecified atom stereocenters. The molecule has 1 N–H and O–H groups in total. The predicted molar refractivity (Wildman–Crippen MR) is 158 cm³/mol. The minimum absolute atomic E-state index is 0.233. The van der Waals surface area contributed by atoms with Crippen LogP contribution in [0.5, 0.6) is 11.5 Å². The topological polar surface area (TPSA) is 107 Å². The van der Waals surface area contributed by atoms with Crippen LogP contribution in [0.1, 0.15) is 38.9 Å². The molecule has 0 amide bonds. The number of carbonyl (C=O) groups is 2. The van der Waals surface area contributed by atoms with Crippen LogP contribution in [0.15, 0.2) is 47.3 Å². The Labute approximate surface area is 238 Å². The molecule has 216 valence electrons. The minimum atomic E-state index is -1.03. The maximum absolute atomic E-state index is 14.2. The van der Waals surface area contributed by atoms with Gasteiger partial charge in [0.2, 0.25) is 5.43 Å². The third-order valence-corrected chi connectivity index (χ3v) is 8.24. The van der Waals surface area contributed by atoms with Crippen LogP contribution in [0.4, 0.5) is 0 Å². The quantitative estimate of drug-likeness (QED) is 0.251. The highest BCUT2D eigenvalue weighted by Crippen LogP contribution is 2.53. The summed E-state index contributed by atoms with van der Waals surface area (Å²) in [6, 6.07) is 13.3. The first-order valence-corrected chi connectivity index (χ1v) is 13.7. The summed E-state index contributed by atoms with van der Waals surface area (Å²) in [6.07, 6.45) is -0.680. The van der Waals surface area contributed by atoms with Crippen LogP contribution in [-0.2, 0) is 21.4 Å². The number of esters is 1. The first-order valence-electron chi connectivity index (χ1n) is 13.7. The van der Waals surface area contributed by atoms with Gasteiger partial charge in [0.15, 0.2) is 0 Å². The van der Waals surface area contributed by atoms with Crippen molar-refractivity contribution >= 4 is 44.5 Å². The Balaban J connectivity index is 1.90. The zero-order valence-corrected chi connectivity index (χ0v) is 24.5. The van der Waals surface area contributed by atoms with Crippen molar-refractivity contribution in [3.05, 3.63) is 58.3 Å². The van der Waals surface area contributed by atoms with E-state index in [1.165, 1.54) is 14.0 Å². The number of aromatic nitrogens is 1. The lowest BCUT2D eigenvalue weighted by Gasteiger charge is -2.47. The molecule has 2 heterocycles. The summed E-state index contributed by atoms with van der Waals surface area (Å²) in [4.78, 5) is 41.4. The van der Waals surface area contributed by atoms with Crippen molar-refractivity contribution in [1.82, 2.24) is 9.47 Å². The van der Waals surface area contributed by atoms with Gasteiger partial charge in [-0.2, -0.15) is 0 Å². The number of rotatable bonds is 7. The van der Waals surface area contributed by atoms with Crippen LogP contribution in [-0.4, -0.2) is 59.9 Å². The van der Waals surface area contributed by atoms with Gasteiger partial charge < -0.3 is 28.8 Å². The fraction of sp³-hybridized carbons (Fsp3) is 0.406. The molecule has 0 spiro atoms. The highest BCUT2D eigenvalue weighted by molar-refractivity contribution is 6.04. The Morgan fingerprint density at radius 3 is 2.39 bits per heavy atom.